The van der Waals surface area contributed by atoms with Crippen LogP contribution >= 0.6 is 0 Å². The van der Waals surface area contributed by atoms with Gasteiger partial charge in [-0.3, -0.25) is 19.5 Å². The number of ether oxygens (including phenoxy) is 1. The van der Waals surface area contributed by atoms with E-state index >= 15 is 0 Å². The average Bonchev–Trinajstić information content (AvgIpc) is 3.05. The normalized spacial score (nSPS) is 19.3. The molecule has 168 valence electrons. The summed E-state index contributed by atoms with van der Waals surface area (Å²) < 4.78 is 5.73. The van der Waals surface area contributed by atoms with E-state index in [1.165, 1.54) is 4.90 Å². The van der Waals surface area contributed by atoms with Crippen molar-refractivity contribution in [2.24, 2.45) is 5.92 Å². The molecule has 0 spiro atoms. The van der Waals surface area contributed by atoms with Gasteiger partial charge in [-0.05, 0) is 68.0 Å². The Morgan fingerprint density at radius 3 is 2.47 bits per heavy atom. The molecule has 0 bridgehead atoms. The molecule has 1 fully saturated rings. The van der Waals surface area contributed by atoms with E-state index in [1.54, 1.807) is 24.5 Å². The SMILES string of the molecule is CC(C)Oc1ccc(C2=C(N3CCCC(CO)C3)C(=O)N(Cc3ccncc3)C2=O)cc1. The van der Waals surface area contributed by atoms with Crippen molar-refractivity contribution >= 4 is 17.4 Å². The number of likely N-dealkylation sites (tertiary alicyclic amines) is 1. The van der Waals surface area contributed by atoms with Gasteiger partial charge in [0.2, 0.25) is 0 Å². The lowest BCUT2D eigenvalue weighted by Crippen LogP contribution is -2.40. The fraction of sp³-hybridized carbons (Fsp3) is 0.400. The summed E-state index contributed by atoms with van der Waals surface area (Å²) in [7, 11) is 0. The number of benzene rings is 1. The summed E-state index contributed by atoms with van der Waals surface area (Å²) in [5.74, 6) is 0.222. The van der Waals surface area contributed by atoms with Crippen LogP contribution in [0.2, 0.25) is 0 Å². The Morgan fingerprint density at radius 2 is 1.81 bits per heavy atom. The van der Waals surface area contributed by atoms with Crippen LogP contribution in [-0.2, 0) is 16.1 Å². The minimum atomic E-state index is -0.300. The highest BCUT2D eigenvalue weighted by Crippen LogP contribution is 2.35. The maximum absolute atomic E-state index is 13.5. The van der Waals surface area contributed by atoms with Gasteiger partial charge in [-0.25, -0.2) is 0 Å². The van der Waals surface area contributed by atoms with Crippen LogP contribution in [0.25, 0.3) is 5.57 Å². The Balaban J connectivity index is 1.70. The molecule has 4 rings (SSSR count). The van der Waals surface area contributed by atoms with Crippen molar-refractivity contribution in [3.63, 3.8) is 0 Å². The second-order valence-corrected chi connectivity index (χ2v) is 8.60. The zero-order valence-corrected chi connectivity index (χ0v) is 18.5. The Morgan fingerprint density at radius 1 is 1.09 bits per heavy atom. The van der Waals surface area contributed by atoms with Crippen LogP contribution in [0.4, 0.5) is 0 Å². The Bertz CT molecular complexity index is 1000. The number of hydrogen-bond acceptors (Lipinski definition) is 6. The van der Waals surface area contributed by atoms with Crippen LogP contribution in [0.1, 0.15) is 37.8 Å². The molecular formula is C25H29N3O4. The van der Waals surface area contributed by atoms with Crippen molar-refractivity contribution in [2.45, 2.75) is 39.3 Å². The number of aliphatic hydroxyl groups is 1. The van der Waals surface area contributed by atoms with Gasteiger partial charge >= 0.3 is 0 Å². The molecule has 2 aromatic rings. The number of imide groups is 1. The monoisotopic (exact) mass is 435 g/mol. The Labute approximate surface area is 188 Å². The Hall–Kier alpha value is -3.19. The van der Waals surface area contributed by atoms with E-state index in [9.17, 15) is 14.7 Å². The molecule has 2 aliphatic heterocycles. The zero-order valence-electron chi connectivity index (χ0n) is 18.5. The van der Waals surface area contributed by atoms with Gasteiger partial charge in [-0.15, -0.1) is 0 Å². The zero-order chi connectivity index (χ0) is 22.7. The number of rotatable bonds is 7. The predicted molar refractivity (Wildman–Crippen MR) is 120 cm³/mol. The first-order valence-electron chi connectivity index (χ1n) is 11.1. The van der Waals surface area contributed by atoms with Crippen LogP contribution < -0.4 is 4.74 Å². The van der Waals surface area contributed by atoms with E-state index in [1.807, 2.05) is 43.0 Å². The van der Waals surface area contributed by atoms with E-state index < -0.39 is 0 Å². The lowest BCUT2D eigenvalue weighted by atomic mass is 9.97. The molecule has 1 aromatic heterocycles. The van der Waals surface area contributed by atoms with Crippen molar-refractivity contribution in [2.75, 3.05) is 19.7 Å². The first-order valence-corrected chi connectivity index (χ1v) is 11.1. The van der Waals surface area contributed by atoms with Crippen LogP contribution in [0.3, 0.4) is 0 Å². The third-order valence-electron chi connectivity index (χ3n) is 5.84. The molecule has 1 unspecified atom stereocenters. The number of piperidine rings is 1. The molecule has 0 radical (unpaired) electrons. The van der Waals surface area contributed by atoms with Gasteiger partial charge in [0.1, 0.15) is 11.4 Å². The third kappa shape index (κ3) is 4.53. The van der Waals surface area contributed by atoms with E-state index in [0.717, 1.165) is 24.2 Å². The summed E-state index contributed by atoms with van der Waals surface area (Å²) in [6.45, 7) is 5.43. The second-order valence-electron chi connectivity index (χ2n) is 8.60. The first kappa shape index (κ1) is 22.0. The van der Waals surface area contributed by atoms with Gasteiger partial charge in [-0.1, -0.05) is 12.1 Å². The molecule has 1 aromatic carbocycles. The van der Waals surface area contributed by atoms with E-state index in [-0.39, 0.29) is 37.0 Å². The molecule has 2 aliphatic rings. The van der Waals surface area contributed by atoms with E-state index in [2.05, 4.69) is 4.98 Å². The molecule has 0 saturated carbocycles. The average molecular weight is 436 g/mol. The lowest BCUT2D eigenvalue weighted by molar-refractivity contribution is -0.138. The van der Waals surface area contributed by atoms with E-state index in [0.29, 0.717) is 29.9 Å². The molecule has 1 N–H and O–H groups in total. The molecule has 7 nitrogen and oxygen atoms in total. The molecule has 0 aliphatic carbocycles. The van der Waals surface area contributed by atoms with Crippen molar-refractivity contribution < 1.29 is 19.4 Å². The maximum atomic E-state index is 13.5. The highest BCUT2D eigenvalue weighted by atomic mass is 16.5. The summed E-state index contributed by atoms with van der Waals surface area (Å²) in [5, 5.41) is 9.68. The van der Waals surface area contributed by atoms with Crippen molar-refractivity contribution in [1.82, 2.24) is 14.8 Å². The number of aliphatic hydroxyl groups excluding tert-OH is 1. The lowest BCUT2D eigenvalue weighted by Gasteiger charge is -2.34. The quantitative estimate of drug-likeness (QED) is 0.674. The number of nitrogens with zero attached hydrogens (tertiary/aromatic N) is 3. The third-order valence-corrected chi connectivity index (χ3v) is 5.84. The van der Waals surface area contributed by atoms with Gasteiger partial charge in [0.15, 0.2) is 0 Å². The first-order chi connectivity index (χ1) is 15.5. The fourth-order valence-corrected chi connectivity index (χ4v) is 4.32. The number of aromatic nitrogens is 1. The van der Waals surface area contributed by atoms with Crippen LogP contribution in [0.5, 0.6) is 5.75 Å². The second kappa shape index (κ2) is 9.53. The summed E-state index contributed by atoms with van der Waals surface area (Å²) in [6.07, 6.45) is 5.14. The van der Waals surface area contributed by atoms with Crippen LogP contribution in [-0.4, -0.2) is 57.5 Å². The summed E-state index contributed by atoms with van der Waals surface area (Å²) in [6, 6.07) is 10.9. The topological polar surface area (TPSA) is 83.0 Å². The predicted octanol–water partition coefficient (Wildman–Crippen LogP) is 2.85. The molecule has 7 heteroatoms. The number of carbonyl (C=O) groups is 2. The minimum Gasteiger partial charge on any atom is -0.491 e. The summed E-state index contributed by atoms with van der Waals surface area (Å²) >= 11 is 0. The highest BCUT2D eigenvalue weighted by molar-refractivity contribution is 6.35. The molecule has 32 heavy (non-hydrogen) atoms. The highest BCUT2D eigenvalue weighted by Gasteiger charge is 2.42. The van der Waals surface area contributed by atoms with Crippen LogP contribution in [0.15, 0.2) is 54.5 Å². The standard InChI is InChI=1S/C25H29N3O4/c1-17(2)32-21-7-5-20(6-8-21)22-23(27-13-3-4-19(14-27)16-29)25(31)28(24(22)30)15-18-9-11-26-12-10-18/h5-12,17,19,29H,3-4,13-16H2,1-2H3. The summed E-state index contributed by atoms with van der Waals surface area (Å²) in [5.41, 5.74) is 2.38. The van der Waals surface area contributed by atoms with Crippen molar-refractivity contribution in [3.8, 4) is 5.75 Å². The van der Waals surface area contributed by atoms with Crippen molar-refractivity contribution in [1.29, 1.82) is 0 Å². The smallest absolute Gasteiger partial charge is 0.278 e. The Kier molecular flexibility index (Phi) is 6.55. The van der Waals surface area contributed by atoms with E-state index in [4.69, 9.17) is 4.74 Å². The molecule has 3 heterocycles. The maximum Gasteiger partial charge on any atom is 0.278 e. The molecule has 2 amide bonds. The van der Waals surface area contributed by atoms with Gasteiger partial charge in [0, 0.05) is 32.1 Å². The molecule has 1 atom stereocenters. The molecule has 1 saturated heterocycles. The van der Waals surface area contributed by atoms with Gasteiger partial charge in [0.05, 0.1) is 18.2 Å². The number of pyridine rings is 1. The number of carbonyl (C=O) groups excluding carboxylic acids is 2. The summed E-state index contributed by atoms with van der Waals surface area (Å²) in [4.78, 5) is 34.3. The van der Waals surface area contributed by atoms with Gasteiger partial charge in [-0.2, -0.15) is 0 Å². The van der Waals surface area contributed by atoms with Gasteiger partial charge < -0.3 is 14.7 Å². The largest absolute Gasteiger partial charge is 0.491 e. The molecular weight excluding hydrogens is 406 g/mol. The number of amides is 2. The minimum absolute atomic E-state index is 0.0462. The van der Waals surface area contributed by atoms with Crippen molar-refractivity contribution in [3.05, 3.63) is 65.6 Å². The number of hydrogen-bond donors (Lipinski definition) is 1. The van der Waals surface area contributed by atoms with Crippen LogP contribution in [0, 0.1) is 5.92 Å². The fourth-order valence-electron chi connectivity index (χ4n) is 4.32. The van der Waals surface area contributed by atoms with Gasteiger partial charge in [0.25, 0.3) is 11.8 Å².